The highest BCUT2D eigenvalue weighted by atomic mass is 35.5. The van der Waals surface area contributed by atoms with Gasteiger partial charge in [-0.1, -0.05) is 24.4 Å². The van der Waals surface area contributed by atoms with Gasteiger partial charge in [-0.2, -0.15) is 5.10 Å². The van der Waals surface area contributed by atoms with Crippen molar-refractivity contribution in [1.29, 1.82) is 0 Å². The van der Waals surface area contributed by atoms with Crippen LogP contribution in [0.5, 0.6) is 0 Å². The van der Waals surface area contributed by atoms with Gasteiger partial charge in [0.25, 0.3) is 0 Å². The molecule has 3 rings (SSSR count). The van der Waals surface area contributed by atoms with Gasteiger partial charge in [0.05, 0.1) is 11.2 Å². The Labute approximate surface area is 131 Å². The van der Waals surface area contributed by atoms with Crippen molar-refractivity contribution in [1.82, 2.24) is 14.7 Å². The van der Waals surface area contributed by atoms with Crippen molar-refractivity contribution in [3.63, 3.8) is 0 Å². The van der Waals surface area contributed by atoms with Gasteiger partial charge in [-0.3, -0.25) is 14.4 Å². The molecule has 116 valence electrons. The van der Waals surface area contributed by atoms with E-state index in [0.717, 1.165) is 37.2 Å². The third-order valence-electron chi connectivity index (χ3n) is 5.27. The van der Waals surface area contributed by atoms with E-state index in [0.29, 0.717) is 17.4 Å². The van der Waals surface area contributed by atoms with Crippen LogP contribution < -0.4 is 0 Å². The lowest BCUT2D eigenvalue weighted by Gasteiger charge is -2.37. The second-order valence-electron chi connectivity index (χ2n) is 6.51. The Balaban J connectivity index is 1.85. The van der Waals surface area contributed by atoms with E-state index in [1.807, 2.05) is 14.0 Å². The van der Waals surface area contributed by atoms with Crippen LogP contribution in [0.2, 0.25) is 5.15 Å². The van der Waals surface area contributed by atoms with Crippen LogP contribution in [0.15, 0.2) is 0 Å². The molecule has 0 radical (unpaired) electrons. The molecule has 1 aromatic heterocycles. The van der Waals surface area contributed by atoms with Gasteiger partial charge in [-0.05, 0) is 45.7 Å². The fourth-order valence-electron chi connectivity index (χ4n) is 4.08. The van der Waals surface area contributed by atoms with Crippen molar-refractivity contribution in [2.24, 2.45) is 7.05 Å². The molecular weight excluding hydrogens is 286 g/mol. The normalized spacial score (nSPS) is 22.0. The van der Waals surface area contributed by atoms with Gasteiger partial charge in [0.2, 0.25) is 0 Å². The first kappa shape index (κ1) is 15.0. The SMILES string of the molecule is Cc1nn(C)c(Cl)c1CC(=O)C1(N2CCCC2)CCCC1. The van der Waals surface area contributed by atoms with Crippen molar-refractivity contribution in [3.05, 3.63) is 16.4 Å². The minimum atomic E-state index is -0.220. The molecule has 2 heterocycles. The van der Waals surface area contributed by atoms with Crippen molar-refractivity contribution in [2.45, 2.75) is 57.4 Å². The molecule has 0 atom stereocenters. The molecular formula is C16H24ClN3O. The molecule has 1 aliphatic carbocycles. The number of halogens is 1. The summed E-state index contributed by atoms with van der Waals surface area (Å²) < 4.78 is 1.66. The smallest absolute Gasteiger partial charge is 0.157 e. The van der Waals surface area contributed by atoms with Crippen LogP contribution in [0.4, 0.5) is 0 Å². The highest BCUT2D eigenvalue weighted by Crippen LogP contribution is 2.39. The Morgan fingerprint density at radius 1 is 1.24 bits per heavy atom. The third-order valence-corrected chi connectivity index (χ3v) is 5.74. The van der Waals surface area contributed by atoms with Crippen LogP contribution in [-0.4, -0.2) is 39.1 Å². The van der Waals surface area contributed by atoms with Gasteiger partial charge in [0.1, 0.15) is 5.15 Å². The molecule has 0 N–H and O–H groups in total. The Morgan fingerprint density at radius 3 is 2.38 bits per heavy atom. The molecule has 1 aromatic rings. The zero-order chi connectivity index (χ0) is 15.0. The van der Waals surface area contributed by atoms with Crippen LogP contribution in [0.3, 0.4) is 0 Å². The number of hydrogen-bond donors (Lipinski definition) is 0. The van der Waals surface area contributed by atoms with E-state index in [2.05, 4.69) is 10.00 Å². The lowest BCUT2D eigenvalue weighted by molar-refractivity contribution is -0.129. The minimum absolute atomic E-state index is 0.220. The van der Waals surface area contributed by atoms with Crippen molar-refractivity contribution in [3.8, 4) is 0 Å². The lowest BCUT2D eigenvalue weighted by atomic mass is 9.86. The van der Waals surface area contributed by atoms with Crippen molar-refractivity contribution >= 4 is 17.4 Å². The molecule has 0 unspecified atom stereocenters. The summed E-state index contributed by atoms with van der Waals surface area (Å²) in [7, 11) is 1.83. The summed E-state index contributed by atoms with van der Waals surface area (Å²) in [6, 6.07) is 0. The minimum Gasteiger partial charge on any atom is -0.297 e. The summed E-state index contributed by atoms with van der Waals surface area (Å²) in [6.45, 7) is 4.09. The predicted octanol–water partition coefficient (Wildman–Crippen LogP) is 2.90. The van der Waals surface area contributed by atoms with E-state index in [1.165, 1.54) is 25.7 Å². The maximum atomic E-state index is 13.1. The zero-order valence-electron chi connectivity index (χ0n) is 13.0. The molecule has 0 spiro atoms. The van der Waals surface area contributed by atoms with Gasteiger partial charge < -0.3 is 0 Å². The number of rotatable bonds is 4. The average Bonchev–Trinajstić information content (AvgIpc) is 3.16. The predicted molar refractivity (Wildman–Crippen MR) is 83.7 cm³/mol. The zero-order valence-corrected chi connectivity index (χ0v) is 13.7. The number of aryl methyl sites for hydroxylation is 2. The number of Topliss-reactive ketones (excluding diaryl/α,β-unsaturated/α-hetero) is 1. The van der Waals surface area contributed by atoms with E-state index in [9.17, 15) is 4.79 Å². The van der Waals surface area contributed by atoms with Crippen molar-refractivity contribution < 1.29 is 4.79 Å². The first-order valence-electron chi connectivity index (χ1n) is 8.01. The molecule has 0 bridgehead atoms. The topological polar surface area (TPSA) is 38.1 Å². The van der Waals surface area contributed by atoms with Crippen LogP contribution >= 0.6 is 11.6 Å². The second kappa shape index (κ2) is 5.73. The first-order chi connectivity index (χ1) is 10.0. The van der Waals surface area contributed by atoms with E-state index in [-0.39, 0.29) is 5.54 Å². The summed E-state index contributed by atoms with van der Waals surface area (Å²) in [5.74, 6) is 0.347. The van der Waals surface area contributed by atoms with Gasteiger partial charge >= 0.3 is 0 Å². The van der Waals surface area contributed by atoms with Gasteiger partial charge in [0, 0.05) is 19.0 Å². The molecule has 1 aliphatic heterocycles. The Hall–Kier alpha value is -0.870. The van der Waals surface area contributed by atoms with Crippen molar-refractivity contribution in [2.75, 3.05) is 13.1 Å². The number of aromatic nitrogens is 2. The largest absolute Gasteiger partial charge is 0.297 e. The summed E-state index contributed by atoms with van der Waals surface area (Å²) in [6.07, 6.45) is 7.24. The van der Waals surface area contributed by atoms with E-state index >= 15 is 0 Å². The maximum absolute atomic E-state index is 13.1. The van der Waals surface area contributed by atoms with E-state index in [4.69, 9.17) is 11.6 Å². The van der Waals surface area contributed by atoms with Gasteiger partial charge in [-0.25, -0.2) is 0 Å². The summed E-state index contributed by atoms with van der Waals surface area (Å²) in [5, 5.41) is 4.94. The van der Waals surface area contributed by atoms with Gasteiger partial charge in [0.15, 0.2) is 5.78 Å². The summed E-state index contributed by atoms with van der Waals surface area (Å²) >= 11 is 6.30. The number of carbonyl (C=O) groups excluding carboxylic acids is 1. The monoisotopic (exact) mass is 309 g/mol. The molecule has 0 amide bonds. The highest BCUT2D eigenvalue weighted by molar-refractivity contribution is 6.30. The molecule has 2 aliphatic rings. The molecule has 4 nitrogen and oxygen atoms in total. The van der Waals surface area contributed by atoms with Gasteiger partial charge in [-0.15, -0.1) is 0 Å². The Morgan fingerprint density at radius 2 is 1.86 bits per heavy atom. The lowest BCUT2D eigenvalue weighted by Crippen LogP contribution is -2.52. The fraction of sp³-hybridized carbons (Fsp3) is 0.750. The molecule has 0 aromatic carbocycles. The number of ketones is 1. The summed E-state index contributed by atoms with van der Waals surface area (Å²) in [5.41, 5.74) is 1.57. The summed E-state index contributed by atoms with van der Waals surface area (Å²) in [4.78, 5) is 15.5. The number of hydrogen-bond acceptors (Lipinski definition) is 3. The third kappa shape index (κ3) is 2.53. The molecule has 1 saturated heterocycles. The number of carbonyl (C=O) groups is 1. The average molecular weight is 310 g/mol. The van der Waals surface area contributed by atoms with Crippen LogP contribution in [0.1, 0.15) is 49.8 Å². The quantitative estimate of drug-likeness (QED) is 0.858. The molecule has 2 fully saturated rings. The number of nitrogens with zero attached hydrogens (tertiary/aromatic N) is 3. The van der Waals surface area contributed by atoms with Crippen LogP contribution in [-0.2, 0) is 18.3 Å². The maximum Gasteiger partial charge on any atom is 0.157 e. The molecule has 21 heavy (non-hydrogen) atoms. The standard InChI is InChI=1S/C16H24ClN3O/c1-12-13(15(17)19(2)18-12)11-14(21)16(7-3-4-8-16)20-9-5-6-10-20/h3-11H2,1-2H3. The van der Waals surface area contributed by atoms with E-state index in [1.54, 1.807) is 4.68 Å². The highest BCUT2D eigenvalue weighted by Gasteiger charge is 2.46. The fourth-order valence-corrected chi connectivity index (χ4v) is 4.32. The van der Waals surface area contributed by atoms with E-state index < -0.39 is 0 Å². The van der Waals surface area contributed by atoms with Crippen LogP contribution in [0, 0.1) is 6.92 Å². The Kier molecular flexibility index (Phi) is 4.10. The molecule has 5 heteroatoms. The first-order valence-corrected chi connectivity index (χ1v) is 8.39. The number of likely N-dealkylation sites (tertiary alicyclic amines) is 1. The molecule has 1 saturated carbocycles. The second-order valence-corrected chi connectivity index (χ2v) is 6.87. The van der Waals surface area contributed by atoms with Crippen LogP contribution in [0.25, 0.3) is 0 Å². The Bertz CT molecular complexity index is 540.